The summed E-state index contributed by atoms with van der Waals surface area (Å²) in [6.45, 7) is 2.28. The second-order valence-electron chi connectivity index (χ2n) is 3.48. The van der Waals surface area contributed by atoms with Gasteiger partial charge in [0.1, 0.15) is 6.04 Å². The van der Waals surface area contributed by atoms with E-state index in [4.69, 9.17) is 22.6 Å². The van der Waals surface area contributed by atoms with E-state index in [0.29, 0.717) is 18.0 Å². The maximum Gasteiger partial charge on any atom is 0.322 e. The van der Waals surface area contributed by atoms with E-state index < -0.39 is 12.0 Å². The average molecular weight is 243 g/mol. The minimum Gasteiger partial charge on any atom is -0.480 e. The van der Waals surface area contributed by atoms with Crippen LogP contribution in [-0.2, 0) is 11.2 Å². The van der Waals surface area contributed by atoms with Gasteiger partial charge in [-0.3, -0.25) is 10.6 Å². The van der Waals surface area contributed by atoms with Gasteiger partial charge in [-0.25, -0.2) is 5.01 Å². The van der Waals surface area contributed by atoms with Gasteiger partial charge >= 0.3 is 5.97 Å². The number of carboxylic acids is 1. The van der Waals surface area contributed by atoms with E-state index in [1.165, 1.54) is 5.01 Å². The molecule has 88 valence electrons. The number of carboxylic acid groups (broad SMARTS) is 1. The Morgan fingerprint density at radius 2 is 2.19 bits per heavy atom. The molecule has 4 nitrogen and oxygen atoms in total. The van der Waals surface area contributed by atoms with Crippen molar-refractivity contribution in [2.45, 2.75) is 19.4 Å². The summed E-state index contributed by atoms with van der Waals surface area (Å²) in [6.07, 6.45) is 0.305. The molecule has 0 radical (unpaired) electrons. The Kier molecular flexibility index (Phi) is 4.73. The number of halogens is 1. The molecule has 1 rings (SSSR count). The number of aliphatic carboxylic acids is 1. The van der Waals surface area contributed by atoms with Gasteiger partial charge in [0, 0.05) is 18.0 Å². The Labute approximate surface area is 99.6 Å². The first-order chi connectivity index (χ1) is 7.56. The Balaban J connectivity index is 2.84. The fraction of sp³-hybridized carbons (Fsp3) is 0.364. The van der Waals surface area contributed by atoms with Crippen LogP contribution in [-0.4, -0.2) is 28.7 Å². The van der Waals surface area contributed by atoms with E-state index in [1.807, 2.05) is 25.1 Å². The third-order valence-electron chi connectivity index (χ3n) is 2.42. The number of carbonyl (C=O) groups is 1. The summed E-state index contributed by atoms with van der Waals surface area (Å²) in [7, 11) is 0. The van der Waals surface area contributed by atoms with Gasteiger partial charge in [-0.05, 0) is 11.6 Å². The highest BCUT2D eigenvalue weighted by Gasteiger charge is 2.23. The first-order valence-corrected chi connectivity index (χ1v) is 5.41. The highest BCUT2D eigenvalue weighted by atomic mass is 35.5. The van der Waals surface area contributed by atoms with E-state index in [1.54, 1.807) is 6.07 Å². The van der Waals surface area contributed by atoms with Crippen LogP contribution in [0, 0.1) is 0 Å². The molecule has 0 spiro atoms. The van der Waals surface area contributed by atoms with Crippen LogP contribution in [0.4, 0.5) is 0 Å². The van der Waals surface area contributed by atoms with Gasteiger partial charge in [0.15, 0.2) is 0 Å². The van der Waals surface area contributed by atoms with E-state index in [2.05, 4.69) is 0 Å². The first-order valence-electron chi connectivity index (χ1n) is 5.03. The molecule has 0 fully saturated rings. The quantitative estimate of drug-likeness (QED) is 0.607. The molecule has 0 heterocycles. The van der Waals surface area contributed by atoms with Crippen molar-refractivity contribution in [2.75, 3.05) is 6.54 Å². The van der Waals surface area contributed by atoms with Crippen LogP contribution < -0.4 is 5.84 Å². The molecule has 0 saturated carbocycles. The Bertz CT molecular complexity index is 371. The SMILES string of the molecule is CCN(N)[C@@H](Cc1ccccc1Cl)C(=O)O. The predicted molar refractivity (Wildman–Crippen MR) is 63.1 cm³/mol. The lowest BCUT2D eigenvalue weighted by Gasteiger charge is -2.22. The van der Waals surface area contributed by atoms with E-state index in [9.17, 15) is 4.79 Å². The molecule has 3 N–H and O–H groups in total. The summed E-state index contributed by atoms with van der Waals surface area (Å²) in [4.78, 5) is 11.1. The topological polar surface area (TPSA) is 66.6 Å². The number of rotatable bonds is 5. The summed E-state index contributed by atoms with van der Waals surface area (Å²) in [5.74, 6) is 4.68. The number of nitrogens with two attached hydrogens (primary N) is 1. The molecule has 0 amide bonds. The van der Waals surface area contributed by atoms with Crippen LogP contribution in [0.3, 0.4) is 0 Å². The molecule has 1 atom stereocenters. The molecule has 0 saturated heterocycles. The standard InChI is InChI=1S/C11H15ClN2O2/c1-2-14(13)10(11(15)16)7-8-5-3-4-6-9(8)12/h3-6,10H,2,7,13H2,1H3,(H,15,16)/t10-/m0/s1. The molecule has 5 heteroatoms. The summed E-state index contributed by atoms with van der Waals surface area (Å²) in [5, 5.41) is 10.9. The molecule has 1 aromatic rings. The van der Waals surface area contributed by atoms with Gasteiger partial charge in [-0.2, -0.15) is 0 Å². The monoisotopic (exact) mass is 242 g/mol. The third kappa shape index (κ3) is 3.20. The molecule has 0 aliphatic heterocycles. The first kappa shape index (κ1) is 13.0. The molecular weight excluding hydrogens is 228 g/mol. The van der Waals surface area contributed by atoms with Gasteiger partial charge in [0.25, 0.3) is 0 Å². The zero-order valence-corrected chi connectivity index (χ0v) is 9.81. The van der Waals surface area contributed by atoms with Crippen LogP contribution >= 0.6 is 11.6 Å². The van der Waals surface area contributed by atoms with Crippen molar-refractivity contribution in [3.8, 4) is 0 Å². The lowest BCUT2D eigenvalue weighted by atomic mass is 10.1. The highest BCUT2D eigenvalue weighted by molar-refractivity contribution is 6.31. The second kappa shape index (κ2) is 5.84. The maximum absolute atomic E-state index is 11.1. The van der Waals surface area contributed by atoms with Crippen LogP contribution in [0.5, 0.6) is 0 Å². The summed E-state index contributed by atoms with van der Waals surface area (Å²) in [5.41, 5.74) is 0.792. The Morgan fingerprint density at radius 3 is 2.69 bits per heavy atom. The molecular formula is C11H15ClN2O2. The Morgan fingerprint density at radius 1 is 1.56 bits per heavy atom. The highest BCUT2D eigenvalue weighted by Crippen LogP contribution is 2.17. The lowest BCUT2D eigenvalue weighted by molar-refractivity contribution is -0.143. The van der Waals surface area contributed by atoms with E-state index >= 15 is 0 Å². The zero-order chi connectivity index (χ0) is 12.1. The van der Waals surface area contributed by atoms with Crippen LogP contribution in [0.2, 0.25) is 5.02 Å². The second-order valence-corrected chi connectivity index (χ2v) is 3.89. The van der Waals surface area contributed by atoms with Gasteiger partial charge in [-0.15, -0.1) is 0 Å². The number of hydrazine groups is 1. The minimum atomic E-state index is -0.940. The van der Waals surface area contributed by atoms with Crippen molar-refractivity contribution in [1.29, 1.82) is 0 Å². The fourth-order valence-corrected chi connectivity index (χ4v) is 1.65. The number of benzene rings is 1. The number of hydrogen-bond donors (Lipinski definition) is 2. The van der Waals surface area contributed by atoms with Crippen molar-refractivity contribution >= 4 is 17.6 Å². The third-order valence-corrected chi connectivity index (χ3v) is 2.79. The summed E-state index contributed by atoms with van der Waals surface area (Å²) < 4.78 is 0. The van der Waals surface area contributed by atoms with Gasteiger partial charge in [0.2, 0.25) is 0 Å². The lowest BCUT2D eigenvalue weighted by Crippen LogP contribution is -2.47. The zero-order valence-electron chi connectivity index (χ0n) is 9.06. The summed E-state index contributed by atoms with van der Waals surface area (Å²) >= 11 is 5.97. The van der Waals surface area contributed by atoms with Crippen molar-refractivity contribution in [2.24, 2.45) is 5.84 Å². The van der Waals surface area contributed by atoms with Crippen LogP contribution in [0.25, 0.3) is 0 Å². The minimum absolute atomic E-state index is 0.305. The summed E-state index contributed by atoms with van der Waals surface area (Å²) in [6, 6.07) is 6.43. The normalized spacial score (nSPS) is 12.8. The number of nitrogens with zero attached hydrogens (tertiary/aromatic N) is 1. The van der Waals surface area contributed by atoms with E-state index in [-0.39, 0.29) is 0 Å². The van der Waals surface area contributed by atoms with Crippen molar-refractivity contribution in [3.05, 3.63) is 34.9 Å². The number of hydrogen-bond acceptors (Lipinski definition) is 3. The molecule has 0 unspecified atom stereocenters. The van der Waals surface area contributed by atoms with Gasteiger partial charge in [0.05, 0.1) is 0 Å². The molecule has 0 bridgehead atoms. The van der Waals surface area contributed by atoms with Crippen LogP contribution in [0.1, 0.15) is 12.5 Å². The largest absolute Gasteiger partial charge is 0.480 e. The molecule has 0 aromatic heterocycles. The molecule has 0 aliphatic carbocycles. The van der Waals surface area contributed by atoms with Crippen molar-refractivity contribution in [3.63, 3.8) is 0 Å². The average Bonchev–Trinajstić information content (AvgIpc) is 2.26. The van der Waals surface area contributed by atoms with Crippen LogP contribution in [0.15, 0.2) is 24.3 Å². The predicted octanol–water partition coefficient (Wildman–Crippen LogP) is 1.53. The smallest absolute Gasteiger partial charge is 0.322 e. The van der Waals surface area contributed by atoms with Gasteiger partial charge in [-0.1, -0.05) is 36.7 Å². The fourth-order valence-electron chi connectivity index (χ4n) is 1.44. The molecule has 0 aliphatic rings. The number of likely N-dealkylation sites (N-methyl/N-ethyl adjacent to an activating group) is 1. The van der Waals surface area contributed by atoms with Crippen molar-refractivity contribution in [1.82, 2.24) is 5.01 Å². The Hall–Kier alpha value is -1.10. The molecule has 1 aromatic carbocycles. The maximum atomic E-state index is 11.1. The van der Waals surface area contributed by atoms with Gasteiger partial charge < -0.3 is 5.11 Å². The molecule has 16 heavy (non-hydrogen) atoms. The van der Waals surface area contributed by atoms with E-state index in [0.717, 1.165) is 5.56 Å². The van der Waals surface area contributed by atoms with Crippen molar-refractivity contribution < 1.29 is 9.90 Å².